The second kappa shape index (κ2) is 4.57. The molecule has 2 aromatic rings. The van der Waals surface area contributed by atoms with Crippen molar-refractivity contribution in [2.45, 2.75) is 11.2 Å². The van der Waals surface area contributed by atoms with E-state index in [1.54, 1.807) is 10.9 Å². The van der Waals surface area contributed by atoms with Crippen molar-refractivity contribution in [2.75, 3.05) is 11.4 Å². The third kappa shape index (κ3) is 2.06. The summed E-state index contributed by atoms with van der Waals surface area (Å²) in [6, 6.07) is 9.74. The normalized spacial score (nSPS) is 19.5. The van der Waals surface area contributed by atoms with Gasteiger partial charge in [0.05, 0.1) is 5.69 Å². The number of hydrogen-bond donors (Lipinski definition) is 0. The van der Waals surface area contributed by atoms with Crippen molar-refractivity contribution in [3.63, 3.8) is 0 Å². The molecule has 1 aromatic heterocycles. The molecule has 1 aliphatic rings. The summed E-state index contributed by atoms with van der Waals surface area (Å²) in [5.41, 5.74) is 1.93. The third-order valence-corrected chi connectivity index (χ3v) is 3.62. The summed E-state index contributed by atoms with van der Waals surface area (Å²) in [5, 5.41) is 4.17. The average molecular weight is 306 g/mol. The summed E-state index contributed by atoms with van der Waals surface area (Å²) >= 11 is 3.49. The number of anilines is 1. The van der Waals surface area contributed by atoms with Crippen molar-refractivity contribution in [2.24, 2.45) is 0 Å². The van der Waals surface area contributed by atoms with Gasteiger partial charge in [0.15, 0.2) is 0 Å². The topological polar surface area (TPSA) is 38.1 Å². The van der Waals surface area contributed by atoms with E-state index < -0.39 is 0 Å². The first kappa shape index (κ1) is 11.5. The molecule has 0 bridgehead atoms. The fourth-order valence-corrected chi connectivity index (χ4v) is 2.69. The molecule has 0 spiro atoms. The highest BCUT2D eigenvalue weighted by atomic mass is 79.9. The summed E-state index contributed by atoms with van der Waals surface area (Å²) in [6.45, 7) is 0.736. The Balaban J connectivity index is 1.85. The molecule has 0 saturated carbocycles. The van der Waals surface area contributed by atoms with Crippen LogP contribution in [0, 0.1) is 0 Å². The molecule has 1 aromatic carbocycles. The molecule has 0 radical (unpaired) electrons. The molecule has 0 aliphatic carbocycles. The molecule has 1 fully saturated rings. The standard InChI is InChI=1S/C13H12BrN3O/c14-10-8-13(18)16(9-10)11-2-4-12(5-3-11)17-7-1-6-15-17/h1-7,10H,8-9H2. The van der Waals surface area contributed by atoms with Gasteiger partial charge in [-0.15, -0.1) is 0 Å². The minimum atomic E-state index is 0.170. The number of carbonyl (C=O) groups excluding carboxylic acids is 1. The minimum Gasteiger partial charge on any atom is -0.311 e. The van der Waals surface area contributed by atoms with Gasteiger partial charge in [0.2, 0.25) is 5.91 Å². The average Bonchev–Trinajstić information content (AvgIpc) is 2.99. The van der Waals surface area contributed by atoms with Gasteiger partial charge in [-0.2, -0.15) is 5.10 Å². The molecule has 1 aliphatic heterocycles. The lowest BCUT2D eigenvalue weighted by Gasteiger charge is -2.16. The number of carbonyl (C=O) groups is 1. The zero-order valence-corrected chi connectivity index (χ0v) is 11.2. The lowest BCUT2D eigenvalue weighted by atomic mass is 10.2. The zero-order valence-electron chi connectivity index (χ0n) is 9.66. The van der Waals surface area contributed by atoms with Crippen molar-refractivity contribution in [1.29, 1.82) is 0 Å². The van der Waals surface area contributed by atoms with E-state index in [2.05, 4.69) is 21.0 Å². The zero-order chi connectivity index (χ0) is 12.5. The predicted octanol–water partition coefficient (Wildman–Crippen LogP) is 2.37. The summed E-state index contributed by atoms with van der Waals surface area (Å²) in [6.07, 6.45) is 4.21. The number of nitrogens with zero attached hydrogens (tertiary/aromatic N) is 3. The van der Waals surface area contributed by atoms with Crippen molar-refractivity contribution < 1.29 is 4.79 Å². The molecule has 1 amide bonds. The maximum atomic E-state index is 11.8. The predicted molar refractivity (Wildman–Crippen MR) is 73.2 cm³/mol. The van der Waals surface area contributed by atoms with E-state index in [0.29, 0.717) is 6.42 Å². The van der Waals surface area contributed by atoms with Gasteiger partial charge in [-0.05, 0) is 30.3 Å². The monoisotopic (exact) mass is 305 g/mol. The quantitative estimate of drug-likeness (QED) is 0.799. The van der Waals surface area contributed by atoms with Crippen molar-refractivity contribution in [3.05, 3.63) is 42.7 Å². The fourth-order valence-electron chi connectivity index (χ4n) is 2.12. The van der Waals surface area contributed by atoms with E-state index in [9.17, 15) is 4.79 Å². The Bertz CT molecular complexity index is 550. The molecule has 4 nitrogen and oxygen atoms in total. The second-order valence-corrected chi connectivity index (χ2v) is 5.57. The van der Waals surface area contributed by atoms with Gasteiger partial charge >= 0.3 is 0 Å². The molecule has 1 atom stereocenters. The number of rotatable bonds is 2. The minimum absolute atomic E-state index is 0.170. The van der Waals surface area contributed by atoms with E-state index in [0.717, 1.165) is 17.9 Å². The van der Waals surface area contributed by atoms with Crippen LogP contribution in [0.2, 0.25) is 0 Å². The van der Waals surface area contributed by atoms with Crippen LogP contribution in [0.1, 0.15) is 6.42 Å². The first-order valence-electron chi connectivity index (χ1n) is 5.78. The number of benzene rings is 1. The van der Waals surface area contributed by atoms with Gasteiger partial charge in [0.25, 0.3) is 0 Å². The Labute approximate surface area is 113 Å². The fraction of sp³-hybridized carbons (Fsp3) is 0.231. The van der Waals surface area contributed by atoms with Gasteiger partial charge in [0.1, 0.15) is 0 Å². The second-order valence-electron chi connectivity index (χ2n) is 4.27. The number of amides is 1. The van der Waals surface area contributed by atoms with Crippen molar-refractivity contribution in [1.82, 2.24) is 9.78 Å². The highest BCUT2D eigenvalue weighted by molar-refractivity contribution is 9.09. The molecule has 0 N–H and O–H groups in total. The Hall–Kier alpha value is -1.62. The lowest BCUT2D eigenvalue weighted by molar-refractivity contribution is -0.117. The number of hydrogen-bond acceptors (Lipinski definition) is 2. The van der Waals surface area contributed by atoms with Gasteiger partial charge in [-0.25, -0.2) is 4.68 Å². The molecule has 92 valence electrons. The first-order valence-corrected chi connectivity index (χ1v) is 6.70. The van der Waals surface area contributed by atoms with E-state index in [-0.39, 0.29) is 10.7 Å². The Morgan fingerprint density at radius 2 is 1.94 bits per heavy atom. The Kier molecular flexibility index (Phi) is 2.91. The summed E-state index contributed by atoms with van der Waals surface area (Å²) in [7, 11) is 0. The Morgan fingerprint density at radius 1 is 1.22 bits per heavy atom. The molecule has 5 heteroatoms. The van der Waals surface area contributed by atoms with E-state index >= 15 is 0 Å². The number of halogens is 1. The van der Waals surface area contributed by atoms with Crippen LogP contribution in [0.25, 0.3) is 5.69 Å². The van der Waals surface area contributed by atoms with E-state index in [1.807, 2.05) is 41.4 Å². The van der Waals surface area contributed by atoms with Gasteiger partial charge in [-0.3, -0.25) is 4.79 Å². The van der Waals surface area contributed by atoms with Crippen LogP contribution in [0.15, 0.2) is 42.7 Å². The molecular weight excluding hydrogens is 294 g/mol. The van der Waals surface area contributed by atoms with Crippen LogP contribution in [0.5, 0.6) is 0 Å². The van der Waals surface area contributed by atoms with E-state index in [1.165, 1.54) is 0 Å². The van der Waals surface area contributed by atoms with Crippen LogP contribution in [0.4, 0.5) is 5.69 Å². The smallest absolute Gasteiger partial charge is 0.228 e. The first-order chi connectivity index (χ1) is 8.74. The van der Waals surface area contributed by atoms with E-state index in [4.69, 9.17) is 0 Å². The van der Waals surface area contributed by atoms with Gasteiger partial charge in [-0.1, -0.05) is 15.9 Å². The lowest BCUT2D eigenvalue weighted by Crippen LogP contribution is -2.24. The molecule has 2 heterocycles. The van der Waals surface area contributed by atoms with Crippen LogP contribution in [-0.4, -0.2) is 27.1 Å². The summed E-state index contributed by atoms with van der Waals surface area (Å²) in [5.74, 6) is 0.170. The maximum absolute atomic E-state index is 11.8. The van der Waals surface area contributed by atoms with Gasteiger partial charge < -0.3 is 4.90 Å². The molecule has 3 rings (SSSR count). The Morgan fingerprint density at radius 3 is 2.50 bits per heavy atom. The van der Waals surface area contributed by atoms with Crippen LogP contribution in [-0.2, 0) is 4.79 Å². The van der Waals surface area contributed by atoms with Crippen LogP contribution in [0.3, 0.4) is 0 Å². The highest BCUT2D eigenvalue weighted by Crippen LogP contribution is 2.25. The van der Waals surface area contributed by atoms with Crippen molar-refractivity contribution in [3.8, 4) is 5.69 Å². The maximum Gasteiger partial charge on any atom is 0.228 e. The molecule has 1 saturated heterocycles. The summed E-state index contributed by atoms with van der Waals surface area (Å²) in [4.78, 5) is 13.8. The van der Waals surface area contributed by atoms with Crippen LogP contribution >= 0.6 is 15.9 Å². The number of alkyl halides is 1. The SMILES string of the molecule is O=C1CC(Br)CN1c1ccc(-n2cccn2)cc1. The molecule has 1 unspecified atom stereocenters. The largest absolute Gasteiger partial charge is 0.311 e. The van der Waals surface area contributed by atoms with Gasteiger partial charge in [0, 0.05) is 35.9 Å². The van der Waals surface area contributed by atoms with Crippen molar-refractivity contribution >= 4 is 27.5 Å². The summed E-state index contributed by atoms with van der Waals surface area (Å²) < 4.78 is 1.79. The third-order valence-electron chi connectivity index (χ3n) is 3.01. The van der Waals surface area contributed by atoms with Crippen LogP contribution < -0.4 is 4.90 Å². The molecular formula is C13H12BrN3O. The highest BCUT2D eigenvalue weighted by Gasteiger charge is 2.28. The number of aromatic nitrogens is 2. The molecule has 18 heavy (non-hydrogen) atoms.